The first-order valence-electron chi connectivity index (χ1n) is 15.7. The van der Waals surface area contributed by atoms with Gasteiger partial charge in [-0.2, -0.15) is 0 Å². The van der Waals surface area contributed by atoms with Crippen molar-refractivity contribution in [2.75, 3.05) is 33.5 Å². The van der Waals surface area contributed by atoms with Gasteiger partial charge in [0.15, 0.2) is 0 Å². The van der Waals surface area contributed by atoms with Crippen LogP contribution in [0.3, 0.4) is 0 Å². The molecule has 2 N–H and O–H groups in total. The summed E-state index contributed by atoms with van der Waals surface area (Å²) in [5.74, 6) is 1.81. The average molecular weight is 611 g/mol. The van der Waals surface area contributed by atoms with Crippen molar-refractivity contribution in [1.82, 2.24) is 0 Å². The molecule has 8 bridgehead atoms. The van der Waals surface area contributed by atoms with Crippen LogP contribution in [-0.2, 0) is 40.0 Å². The minimum atomic E-state index is -0.197. The number of methoxy groups -OCH3 is 1. The van der Waals surface area contributed by atoms with E-state index < -0.39 is 0 Å². The molecule has 7 heteroatoms. The first-order valence-corrected chi connectivity index (χ1v) is 15.7. The van der Waals surface area contributed by atoms with Crippen LogP contribution in [0.25, 0.3) is 0 Å². The summed E-state index contributed by atoms with van der Waals surface area (Å²) in [7, 11) is 1.64. The summed E-state index contributed by atoms with van der Waals surface area (Å²) in [6.07, 6.45) is 3.61. The topological polar surface area (TPSA) is 94.5 Å². The van der Waals surface area contributed by atoms with Crippen molar-refractivity contribution in [1.29, 1.82) is 0 Å². The third kappa shape index (κ3) is 7.97. The number of phenols is 2. The number of para-hydroxylation sites is 4. The van der Waals surface area contributed by atoms with Gasteiger partial charge in [-0.15, -0.1) is 0 Å². The monoisotopic (exact) mass is 610 g/mol. The molecule has 0 radical (unpaired) electrons. The molecule has 0 aromatic heterocycles. The van der Waals surface area contributed by atoms with Crippen LogP contribution in [0.15, 0.2) is 72.8 Å². The summed E-state index contributed by atoms with van der Waals surface area (Å²) in [6, 6.07) is 23.8. The van der Waals surface area contributed by atoms with Crippen LogP contribution in [0.2, 0.25) is 0 Å². The minimum Gasteiger partial charge on any atom is -0.507 e. The SMILES string of the molecule is CCOC(=O)CCCCOc1c2cccc1Cc1cccc(c1O)Cc1cccc(c1OCCOC)Cc1cccc(c1O)C2. The van der Waals surface area contributed by atoms with E-state index in [0.717, 1.165) is 56.0 Å². The quantitative estimate of drug-likeness (QED) is 0.124. The van der Waals surface area contributed by atoms with Crippen molar-refractivity contribution < 1.29 is 34.0 Å². The maximum atomic E-state index is 11.8. The van der Waals surface area contributed by atoms with Gasteiger partial charge in [-0.1, -0.05) is 72.8 Å². The molecule has 4 aromatic carbocycles. The van der Waals surface area contributed by atoms with Crippen LogP contribution in [0.1, 0.15) is 70.7 Å². The Bertz CT molecular complexity index is 1520. The van der Waals surface area contributed by atoms with Crippen molar-refractivity contribution >= 4 is 5.97 Å². The molecule has 0 atom stereocenters. The number of hydrogen-bond acceptors (Lipinski definition) is 7. The Morgan fingerprint density at radius 1 is 0.600 bits per heavy atom. The molecule has 0 unspecified atom stereocenters. The van der Waals surface area contributed by atoms with Crippen molar-refractivity contribution in [2.45, 2.75) is 51.9 Å². The number of hydrogen-bond donors (Lipinski definition) is 2. The van der Waals surface area contributed by atoms with E-state index in [1.807, 2.05) is 72.8 Å². The average Bonchev–Trinajstić information content (AvgIpc) is 3.03. The van der Waals surface area contributed by atoms with Crippen LogP contribution in [0, 0.1) is 0 Å². The second-order valence-electron chi connectivity index (χ2n) is 11.3. The van der Waals surface area contributed by atoms with E-state index >= 15 is 0 Å². The zero-order valence-corrected chi connectivity index (χ0v) is 26.1. The second kappa shape index (κ2) is 15.5. The lowest BCUT2D eigenvalue weighted by Gasteiger charge is -2.20. The molecule has 7 nitrogen and oxygen atoms in total. The second-order valence-corrected chi connectivity index (χ2v) is 11.3. The third-order valence-corrected chi connectivity index (χ3v) is 8.15. The highest BCUT2D eigenvalue weighted by Gasteiger charge is 2.20. The Kier molecular flexibility index (Phi) is 11.0. The molecule has 0 aliphatic heterocycles. The van der Waals surface area contributed by atoms with Gasteiger partial charge in [0.1, 0.15) is 29.6 Å². The number of carbonyl (C=O) groups is 1. The van der Waals surface area contributed by atoms with Gasteiger partial charge in [0.25, 0.3) is 0 Å². The van der Waals surface area contributed by atoms with Crippen LogP contribution in [0.5, 0.6) is 23.0 Å². The fraction of sp³-hybridized carbons (Fsp3) is 0.342. The van der Waals surface area contributed by atoms with Crippen molar-refractivity contribution in [3.63, 3.8) is 0 Å². The number of carbonyl (C=O) groups excluding carboxylic acids is 1. The first-order chi connectivity index (χ1) is 22.0. The number of ether oxygens (including phenoxy) is 4. The summed E-state index contributed by atoms with van der Waals surface area (Å²) >= 11 is 0. The Balaban J connectivity index is 1.54. The Labute approximate surface area is 265 Å². The number of benzene rings is 4. The van der Waals surface area contributed by atoms with E-state index in [-0.39, 0.29) is 17.5 Å². The molecule has 0 spiro atoms. The first kappa shape index (κ1) is 31.9. The lowest BCUT2D eigenvalue weighted by molar-refractivity contribution is -0.143. The molecule has 4 aromatic rings. The van der Waals surface area contributed by atoms with E-state index in [1.165, 1.54) is 0 Å². The van der Waals surface area contributed by atoms with E-state index in [0.29, 0.717) is 71.4 Å². The van der Waals surface area contributed by atoms with Crippen LogP contribution in [0.4, 0.5) is 0 Å². The predicted octanol–water partition coefficient (Wildman–Crippen LogP) is 6.91. The van der Waals surface area contributed by atoms with E-state index in [9.17, 15) is 15.0 Å². The lowest BCUT2D eigenvalue weighted by atomic mass is 9.91. The largest absolute Gasteiger partial charge is 0.507 e. The molecule has 0 saturated carbocycles. The van der Waals surface area contributed by atoms with E-state index in [1.54, 1.807) is 14.0 Å². The van der Waals surface area contributed by atoms with Crippen LogP contribution in [-0.4, -0.2) is 49.7 Å². The highest BCUT2D eigenvalue weighted by atomic mass is 16.5. The molecule has 0 heterocycles. The van der Waals surface area contributed by atoms with Gasteiger partial charge in [0, 0.05) is 39.2 Å². The molecular formula is C38H42O7. The Morgan fingerprint density at radius 2 is 1.00 bits per heavy atom. The van der Waals surface area contributed by atoms with Gasteiger partial charge in [0.05, 0.1) is 19.8 Å². The molecular weight excluding hydrogens is 568 g/mol. The lowest BCUT2D eigenvalue weighted by Crippen LogP contribution is -2.09. The van der Waals surface area contributed by atoms with Crippen LogP contribution >= 0.6 is 0 Å². The normalized spacial score (nSPS) is 12.4. The van der Waals surface area contributed by atoms with E-state index in [2.05, 4.69) is 0 Å². The molecule has 0 saturated heterocycles. The number of aromatic hydroxyl groups is 2. The van der Waals surface area contributed by atoms with Crippen LogP contribution < -0.4 is 9.47 Å². The highest BCUT2D eigenvalue weighted by molar-refractivity contribution is 5.69. The molecule has 0 fully saturated rings. The fourth-order valence-corrected chi connectivity index (χ4v) is 5.89. The molecule has 236 valence electrons. The molecule has 45 heavy (non-hydrogen) atoms. The molecule has 1 aliphatic carbocycles. The van der Waals surface area contributed by atoms with Gasteiger partial charge in [-0.25, -0.2) is 0 Å². The Morgan fingerprint density at radius 3 is 1.40 bits per heavy atom. The standard InChI is InChI=1S/C38H42O7/c1-3-43-34(39)18-4-5-19-44-37-30-14-8-15-31(37)23-27-11-7-13-29(36(27)41)25-33-17-9-16-32(38(33)45-21-20-42-2)24-28-12-6-10-26(22-30)35(28)40/h6-17,40-41H,3-5,18-25H2,1-2H3. The maximum Gasteiger partial charge on any atom is 0.305 e. The maximum absolute atomic E-state index is 11.8. The van der Waals surface area contributed by atoms with Gasteiger partial charge in [-0.05, 0) is 64.3 Å². The highest BCUT2D eigenvalue weighted by Crippen LogP contribution is 2.38. The summed E-state index contributed by atoms with van der Waals surface area (Å²) in [6.45, 7) is 3.45. The van der Waals surface area contributed by atoms with Gasteiger partial charge in [-0.3, -0.25) is 4.79 Å². The van der Waals surface area contributed by atoms with E-state index in [4.69, 9.17) is 18.9 Å². The van der Waals surface area contributed by atoms with Gasteiger partial charge in [0.2, 0.25) is 0 Å². The molecule has 5 rings (SSSR count). The fourth-order valence-electron chi connectivity index (χ4n) is 5.89. The van der Waals surface area contributed by atoms with Crippen molar-refractivity contribution in [2.24, 2.45) is 0 Å². The van der Waals surface area contributed by atoms with Crippen molar-refractivity contribution in [3.05, 3.63) is 117 Å². The number of fused-ring (bicyclic) bond motifs is 8. The third-order valence-electron chi connectivity index (χ3n) is 8.15. The van der Waals surface area contributed by atoms with Gasteiger partial charge >= 0.3 is 5.97 Å². The number of phenolic OH excluding ortho intramolecular Hbond substituents is 2. The van der Waals surface area contributed by atoms with Crippen molar-refractivity contribution in [3.8, 4) is 23.0 Å². The smallest absolute Gasteiger partial charge is 0.305 e. The zero-order chi connectivity index (χ0) is 31.6. The molecule has 0 amide bonds. The number of rotatable bonds is 11. The zero-order valence-electron chi connectivity index (χ0n) is 26.1. The summed E-state index contributed by atoms with van der Waals surface area (Å²) < 4.78 is 23.0. The minimum absolute atomic E-state index is 0.197. The number of unbranched alkanes of at least 4 members (excludes halogenated alkanes) is 1. The van der Waals surface area contributed by atoms with Gasteiger partial charge < -0.3 is 29.2 Å². The summed E-state index contributed by atoms with van der Waals surface area (Å²) in [4.78, 5) is 11.8. The summed E-state index contributed by atoms with van der Waals surface area (Å²) in [5, 5.41) is 23.0. The number of esters is 1. The predicted molar refractivity (Wildman–Crippen MR) is 174 cm³/mol. The summed E-state index contributed by atoms with van der Waals surface area (Å²) in [5.41, 5.74) is 6.99. The Hall–Kier alpha value is -4.49. The molecule has 1 aliphatic rings.